The molecule has 0 aliphatic carbocycles. The van der Waals surface area contributed by atoms with Gasteiger partial charge in [0.2, 0.25) is 0 Å². The van der Waals surface area contributed by atoms with Crippen LogP contribution in [0.3, 0.4) is 0 Å². The summed E-state index contributed by atoms with van der Waals surface area (Å²) in [6.45, 7) is 8.67. The Morgan fingerprint density at radius 3 is 1.68 bits per heavy atom. The Kier molecular flexibility index (Phi) is 6.45. The van der Waals surface area contributed by atoms with Gasteiger partial charge in [0.1, 0.15) is 17.1 Å². The Morgan fingerprint density at radius 2 is 1.20 bits per heavy atom. The number of hydrogen-bond acceptors (Lipinski definition) is 6. The molecule has 0 N–H and O–H groups in total. The van der Waals surface area contributed by atoms with Crippen molar-refractivity contribution in [3.8, 4) is 11.5 Å². The summed E-state index contributed by atoms with van der Waals surface area (Å²) in [7, 11) is 5.81. The number of amides is 4. The van der Waals surface area contributed by atoms with E-state index in [0.717, 1.165) is 26.9 Å². The molecule has 2 aliphatic rings. The van der Waals surface area contributed by atoms with Gasteiger partial charge in [-0.3, -0.25) is 19.4 Å². The molecule has 3 aromatic carbocycles. The Labute approximate surface area is 234 Å². The minimum atomic E-state index is -0.678. The number of carbonyl (C=O) groups is 3. The number of carbonyl (C=O) groups excluding carboxylic acids is 3. The number of nitrogens with zero attached hydrogens (tertiary/aromatic N) is 3. The number of anilines is 3. The average Bonchev–Trinajstić information content (AvgIpc) is 2.94. The Morgan fingerprint density at radius 1 is 0.700 bits per heavy atom. The molecule has 0 unspecified atom stereocenters. The Bertz CT molecular complexity index is 1540. The summed E-state index contributed by atoms with van der Waals surface area (Å²) in [4.78, 5) is 41.9. The molecule has 3 aromatic rings. The molecular formula is C32H33N3O5. The van der Waals surface area contributed by atoms with Crippen LogP contribution < -0.4 is 14.4 Å². The van der Waals surface area contributed by atoms with Crippen LogP contribution in [-0.2, 0) is 15.0 Å². The summed E-state index contributed by atoms with van der Waals surface area (Å²) in [6, 6.07) is 15.8. The maximum atomic E-state index is 12.9. The predicted molar refractivity (Wildman–Crippen MR) is 155 cm³/mol. The highest BCUT2D eigenvalue weighted by molar-refractivity contribution is 6.30. The number of benzene rings is 3. The molecule has 0 aromatic heterocycles. The van der Waals surface area contributed by atoms with Gasteiger partial charge in [0.25, 0.3) is 11.8 Å². The topological polar surface area (TPSA) is 79.4 Å². The molecule has 0 saturated carbocycles. The normalized spacial score (nSPS) is 16.1. The number of imide groups is 2. The van der Waals surface area contributed by atoms with Crippen molar-refractivity contribution in [2.24, 2.45) is 0 Å². The Balaban J connectivity index is 1.74. The van der Waals surface area contributed by atoms with Crippen molar-refractivity contribution >= 4 is 41.0 Å². The van der Waals surface area contributed by atoms with E-state index >= 15 is 0 Å². The van der Waals surface area contributed by atoms with Crippen LogP contribution >= 0.6 is 0 Å². The first kappa shape index (κ1) is 27.0. The number of ether oxygens (including phenoxy) is 2. The van der Waals surface area contributed by atoms with Crippen LogP contribution in [0.15, 0.2) is 54.1 Å². The van der Waals surface area contributed by atoms with Gasteiger partial charge in [-0.1, -0.05) is 49.2 Å². The molecule has 2 heterocycles. The summed E-state index contributed by atoms with van der Waals surface area (Å²) in [5.41, 5.74) is 7.61. The molecule has 1 saturated heterocycles. The lowest BCUT2D eigenvalue weighted by Gasteiger charge is -2.42. The van der Waals surface area contributed by atoms with Gasteiger partial charge >= 0.3 is 6.03 Å². The van der Waals surface area contributed by atoms with E-state index in [9.17, 15) is 14.4 Å². The third-order valence-corrected chi connectivity index (χ3v) is 7.85. The van der Waals surface area contributed by atoms with Crippen LogP contribution in [0.25, 0.3) is 6.08 Å². The standard InChI is InChI=1S/C32H33N3O5/c1-18-9-11-24-22(13-18)32(3,4)23-14-19(2)10-12-25(23)35(24)26-17-27(39-7)20(16-28(26)40-8)15-21-29(36)33(5)31(38)34(6)30(21)37/h9-17H,1-8H3. The first-order valence-corrected chi connectivity index (χ1v) is 13.0. The third kappa shape index (κ3) is 4.02. The average molecular weight is 540 g/mol. The van der Waals surface area contributed by atoms with Crippen molar-refractivity contribution < 1.29 is 23.9 Å². The largest absolute Gasteiger partial charge is 0.496 e. The summed E-state index contributed by atoms with van der Waals surface area (Å²) < 4.78 is 11.7. The smallest absolute Gasteiger partial charge is 0.333 e. The van der Waals surface area contributed by atoms with Gasteiger partial charge in [0.15, 0.2) is 0 Å². The second kappa shape index (κ2) is 9.55. The van der Waals surface area contributed by atoms with Crippen LogP contribution in [0.1, 0.15) is 41.7 Å². The van der Waals surface area contributed by atoms with E-state index in [0.29, 0.717) is 17.1 Å². The van der Waals surface area contributed by atoms with Crippen LogP contribution in [0, 0.1) is 13.8 Å². The molecule has 206 valence electrons. The third-order valence-electron chi connectivity index (χ3n) is 7.85. The second-order valence-corrected chi connectivity index (χ2v) is 10.8. The van der Waals surface area contributed by atoms with Gasteiger partial charge < -0.3 is 14.4 Å². The van der Waals surface area contributed by atoms with E-state index in [-0.39, 0.29) is 11.0 Å². The molecule has 8 nitrogen and oxygen atoms in total. The number of aryl methyl sites for hydroxylation is 2. The number of likely N-dealkylation sites (N-methyl/N-ethyl adjacent to an activating group) is 2. The zero-order valence-electron chi connectivity index (χ0n) is 24.1. The van der Waals surface area contributed by atoms with Gasteiger partial charge in [0, 0.05) is 31.1 Å². The fourth-order valence-corrected chi connectivity index (χ4v) is 5.55. The number of urea groups is 1. The minimum absolute atomic E-state index is 0.140. The van der Waals surface area contributed by atoms with Crippen LogP contribution in [0.4, 0.5) is 21.9 Å². The molecule has 0 radical (unpaired) electrons. The molecule has 5 rings (SSSR count). The van der Waals surface area contributed by atoms with Gasteiger partial charge in [-0.2, -0.15) is 0 Å². The van der Waals surface area contributed by atoms with Crippen molar-refractivity contribution in [1.29, 1.82) is 0 Å². The maximum absolute atomic E-state index is 12.9. The summed E-state index contributed by atoms with van der Waals surface area (Å²) in [5.74, 6) is -0.382. The first-order valence-electron chi connectivity index (χ1n) is 13.0. The van der Waals surface area contributed by atoms with Crippen LogP contribution in [0.2, 0.25) is 0 Å². The van der Waals surface area contributed by atoms with Gasteiger partial charge in [-0.25, -0.2) is 4.79 Å². The molecule has 40 heavy (non-hydrogen) atoms. The van der Waals surface area contributed by atoms with Crippen molar-refractivity contribution in [2.45, 2.75) is 33.1 Å². The maximum Gasteiger partial charge on any atom is 0.333 e. The molecule has 1 fully saturated rings. The summed E-state index contributed by atoms with van der Waals surface area (Å²) in [5, 5.41) is 0. The van der Waals surface area contributed by atoms with Crippen molar-refractivity contribution in [1.82, 2.24) is 9.80 Å². The number of methoxy groups -OCH3 is 2. The fraction of sp³-hybridized carbons (Fsp3) is 0.281. The molecule has 4 amide bonds. The number of rotatable bonds is 4. The van der Waals surface area contributed by atoms with Crippen molar-refractivity contribution in [3.63, 3.8) is 0 Å². The molecule has 2 aliphatic heterocycles. The Hall–Kier alpha value is -4.59. The zero-order valence-corrected chi connectivity index (χ0v) is 24.1. The first-order chi connectivity index (χ1) is 18.9. The van der Waals surface area contributed by atoms with E-state index in [1.807, 2.05) is 6.07 Å². The number of hydrogen-bond donors (Lipinski definition) is 0. The zero-order chi connectivity index (χ0) is 29.1. The molecule has 8 heteroatoms. The van der Waals surface area contributed by atoms with Crippen molar-refractivity contribution in [2.75, 3.05) is 33.2 Å². The summed E-state index contributed by atoms with van der Waals surface area (Å²) >= 11 is 0. The van der Waals surface area contributed by atoms with Gasteiger partial charge in [-0.15, -0.1) is 0 Å². The molecule has 0 atom stereocenters. The lowest BCUT2D eigenvalue weighted by molar-refractivity contribution is -0.134. The number of barbiturate groups is 1. The fourth-order valence-electron chi connectivity index (χ4n) is 5.55. The van der Waals surface area contributed by atoms with E-state index in [4.69, 9.17) is 9.47 Å². The van der Waals surface area contributed by atoms with Gasteiger partial charge in [-0.05, 0) is 49.2 Å². The highest BCUT2D eigenvalue weighted by Gasteiger charge is 2.40. The highest BCUT2D eigenvalue weighted by atomic mass is 16.5. The molecule has 0 bridgehead atoms. The van der Waals surface area contributed by atoms with E-state index < -0.39 is 17.8 Å². The second-order valence-electron chi connectivity index (χ2n) is 10.8. The van der Waals surface area contributed by atoms with Crippen molar-refractivity contribution in [3.05, 3.63) is 81.9 Å². The van der Waals surface area contributed by atoms with Crippen LogP contribution in [-0.4, -0.2) is 56.0 Å². The van der Waals surface area contributed by atoms with E-state index in [1.54, 1.807) is 13.2 Å². The number of fused-ring (bicyclic) bond motifs is 2. The monoisotopic (exact) mass is 539 g/mol. The SMILES string of the molecule is COc1cc(N2c3ccc(C)cc3C(C)(C)c3cc(C)ccc32)c(OC)cc1C=C1C(=O)N(C)C(=O)N(C)C1=O. The lowest BCUT2D eigenvalue weighted by Crippen LogP contribution is -2.52. The molecular weight excluding hydrogens is 506 g/mol. The minimum Gasteiger partial charge on any atom is -0.496 e. The van der Waals surface area contributed by atoms with E-state index in [1.165, 1.54) is 49.5 Å². The molecule has 0 spiro atoms. The summed E-state index contributed by atoms with van der Waals surface area (Å²) in [6.07, 6.45) is 1.45. The quantitative estimate of drug-likeness (QED) is 0.305. The predicted octanol–water partition coefficient (Wildman–Crippen LogP) is 5.86. The van der Waals surface area contributed by atoms with E-state index in [2.05, 4.69) is 69.0 Å². The van der Waals surface area contributed by atoms with Crippen LogP contribution in [0.5, 0.6) is 11.5 Å². The highest BCUT2D eigenvalue weighted by Crippen LogP contribution is 2.54. The van der Waals surface area contributed by atoms with Gasteiger partial charge in [0.05, 0.1) is 31.3 Å². The lowest BCUT2D eigenvalue weighted by atomic mass is 9.72.